The summed E-state index contributed by atoms with van der Waals surface area (Å²) in [5.41, 5.74) is 2.21. The van der Waals surface area contributed by atoms with Crippen LogP contribution in [0.25, 0.3) is 0 Å². The lowest BCUT2D eigenvalue weighted by Crippen LogP contribution is -2.39. The van der Waals surface area contributed by atoms with Crippen molar-refractivity contribution in [2.45, 2.75) is 32.8 Å². The number of aliphatic hydroxyl groups is 1. The maximum atomic E-state index is 10.8. The zero-order valence-electron chi connectivity index (χ0n) is 13.9. The molecule has 0 aliphatic carbocycles. The summed E-state index contributed by atoms with van der Waals surface area (Å²) in [6.07, 6.45) is 0.648. The normalized spacial score (nSPS) is 20.8. The average Bonchev–Trinajstić information content (AvgIpc) is 2.89. The van der Waals surface area contributed by atoms with Crippen LogP contribution in [-0.2, 0) is 0 Å². The maximum Gasteiger partial charge on any atom is 0.225 e. The van der Waals surface area contributed by atoms with E-state index in [-0.39, 0.29) is 6.61 Å². The summed E-state index contributed by atoms with van der Waals surface area (Å²) in [4.78, 5) is 11.0. The molecule has 0 spiro atoms. The molecule has 23 heavy (non-hydrogen) atoms. The van der Waals surface area contributed by atoms with Crippen LogP contribution in [0.3, 0.4) is 0 Å². The Kier molecular flexibility index (Phi) is 4.22. The fourth-order valence-electron chi connectivity index (χ4n) is 2.85. The molecular formula is C18H23N3O2. The number of hydrogen-bond acceptors (Lipinski definition) is 5. The Bertz CT molecular complexity index is 667. The highest BCUT2D eigenvalue weighted by Crippen LogP contribution is 2.26. The van der Waals surface area contributed by atoms with Crippen LogP contribution in [-0.4, -0.2) is 40.4 Å². The molecule has 1 N–H and O–H groups in total. The Balaban J connectivity index is 1.64. The minimum atomic E-state index is -0.869. The molecule has 3 rings (SSSR count). The van der Waals surface area contributed by atoms with E-state index in [2.05, 4.69) is 9.97 Å². The van der Waals surface area contributed by atoms with Crippen molar-refractivity contribution in [1.29, 1.82) is 0 Å². The largest absolute Gasteiger partial charge is 0.491 e. The smallest absolute Gasteiger partial charge is 0.225 e. The Morgan fingerprint density at radius 3 is 2.43 bits per heavy atom. The van der Waals surface area contributed by atoms with E-state index in [1.807, 2.05) is 56.0 Å². The van der Waals surface area contributed by atoms with E-state index in [9.17, 15) is 5.11 Å². The SMILES string of the molecule is Cc1ccc(OCC2(O)CCN(c3nc(C)cc(C)n3)C2)cc1. The van der Waals surface area contributed by atoms with Crippen LogP contribution >= 0.6 is 0 Å². The quantitative estimate of drug-likeness (QED) is 0.939. The minimum Gasteiger partial charge on any atom is -0.491 e. The Morgan fingerprint density at radius 1 is 1.13 bits per heavy atom. The molecular weight excluding hydrogens is 290 g/mol. The van der Waals surface area contributed by atoms with E-state index < -0.39 is 5.60 Å². The molecule has 0 radical (unpaired) electrons. The van der Waals surface area contributed by atoms with Gasteiger partial charge in [0.25, 0.3) is 0 Å². The lowest BCUT2D eigenvalue weighted by atomic mass is 10.1. The number of nitrogens with zero attached hydrogens (tertiary/aromatic N) is 3. The van der Waals surface area contributed by atoms with Gasteiger partial charge in [0.05, 0.1) is 6.54 Å². The summed E-state index contributed by atoms with van der Waals surface area (Å²) in [5, 5.41) is 10.8. The van der Waals surface area contributed by atoms with Crippen molar-refractivity contribution < 1.29 is 9.84 Å². The first-order chi connectivity index (χ1) is 10.9. The first kappa shape index (κ1) is 15.7. The highest BCUT2D eigenvalue weighted by Gasteiger charge is 2.38. The standard InChI is InChI=1S/C18H23N3O2/c1-13-4-6-16(7-5-13)23-12-18(22)8-9-21(11-18)17-19-14(2)10-15(3)20-17/h4-7,10,22H,8-9,11-12H2,1-3H3. The van der Waals surface area contributed by atoms with E-state index in [0.717, 1.165) is 23.7 Å². The monoisotopic (exact) mass is 313 g/mol. The van der Waals surface area contributed by atoms with Gasteiger partial charge in [0, 0.05) is 17.9 Å². The van der Waals surface area contributed by atoms with Crippen LogP contribution in [0, 0.1) is 20.8 Å². The van der Waals surface area contributed by atoms with Crippen molar-refractivity contribution in [1.82, 2.24) is 9.97 Å². The zero-order chi connectivity index (χ0) is 16.4. The van der Waals surface area contributed by atoms with Gasteiger partial charge in [0.15, 0.2) is 0 Å². The highest BCUT2D eigenvalue weighted by atomic mass is 16.5. The van der Waals surface area contributed by atoms with Gasteiger partial charge in [-0.2, -0.15) is 0 Å². The van der Waals surface area contributed by atoms with Crippen molar-refractivity contribution >= 4 is 5.95 Å². The van der Waals surface area contributed by atoms with Crippen molar-refractivity contribution in [2.75, 3.05) is 24.6 Å². The van der Waals surface area contributed by atoms with E-state index in [4.69, 9.17) is 4.74 Å². The number of benzene rings is 1. The summed E-state index contributed by atoms with van der Waals surface area (Å²) in [7, 11) is 0. The molecule has 1 aliphatic heterocycles. The second-order valence-electron chi connectivity index (χ2n) is 6.45. The summed E-state index contributed by atoms with van der Waals surface area (Å²) in [5.74, 6) is 1.47. The molecule has 0 bridgehead atoms. The van der Waals surface area contributed by atoms with Gasteiger partial charge in [-0.1, -0.05) is 17.7 Å². The predicted octanol–water partition coefficient (Wildman–Crippen LogP) is 2.42. The second kappa shape index (κ2) is 6.16. The van der Waals surface area contributed by atoms with Gasteiger partial charge in [0.2, 0.25) is 5.95 Å². The zero-order valence-corrected chi connectivity index (χ0v) is 13.9. The van der Waals surface area contributed by atoms with Crippen molar-refractivity contribution in [3.63, 3.8) is 0 Å². The fraction of sp³-hybridized carbons (Fsp3) is 0.444. The maximum absolute atomic E-state index is 10.8. The fourth-order valence-corrected chi connectivity index (χ4v) is 2.85. The van der Waals surface area contributed by atoms with Gasteiger partial charge in [0.1, 0.15) is 18.0 Å². The number of rotatable bonds is 4. The molecule has 1 fully saturated rings. The van der Waals surface area contributed by atoms with E-state index in [1.54, 1.807) is 0 Å². The summed E-state index contributed by atoms with van der Waals surface area (Å²) >= 11 is 0. The summed E-state index contributed by atoms with van der Waals surface area (Å²) < 4.78 is 5.76. The first-order valence-electron chi connectivity index (χ1n) is 7.93. The lowest BCUT2D eigenvalue weighted by Gasteiger charge is -2.24. The van der Waals surface area contributed by atoms with Gasteiger partial charge in [-0.3, -0.25) is 0 Å². The number of β-amino-alcohol motifs (C(OH)–C–C–N with tert-alkyl or cyclic N) is 1. The van der Waals surface area contributed by atoms with Gasteiger partial charge in [-0.05, 0) is 45.4 Å². The average molecular weight is 313 g/mol. The molecule has 1 atom stereocenters. The van der Waals surface area contributed by atoms with E-state index in [0.29, 0.717) is 18.9 Å². The number of anilines is 1. The van der Waals surface area contributed by atoms with E-state index in [1.165, 1.54) is 5.56 Å². The molecule has 2 heterocycles. The molecule has 1 aromatic carbocycles. The lowest BCUT2D eigenvalue weighted by molar-refractivity contribution is 0.0144. The molecule has 1 unspecified atom stereocenters. The number of ether oxygens (including phenoxy) is 1. The number of hydrogen-bond donors (Lipinski definition) is 1. The third-order valence-electron chi connectivity index (χ3n) is 4.11. The molecule has 2 aromatic rings. The molecule has 1 aliphatic rings. The molecule has 1 saturated heterocycles. The van der Waals surface area contributed by atoms with Crippen LogP contribution in [0.4, 0.5) is 5.95 Å². The Hall–Kier alpha value is -2.14. The molecule has 0 saturated carbocycles. The first-order valence-corrected chi connectivity index (χ1v) is 7.93. The highest BCUT2D eigenvalue weighted by molar-refractivity contribution is 5.35. The number of aryl methyl sites for hydroxylation is 3. The second-order valence-corrected chi connectivity index (χ2v) is 6.45. The third kappa shape index (κ3) is 3.79. The third-order valence-corrected chi connectivity index (χ3v) is 4.11. The van der Waals surface area contributed by atoms with Crippen molar-refractivity contribution in [3.8, 4) is 5.75 Å². The topological polar surface area (TPSA) is 58.5 Å². The molecule has 5 nitrogen and oxygen atoms in total. The van der Waals surface area contributed by atoms with Gasteiger partial charge in [-0.15, -0.1) is 0 Å². The van der Waals surface area contributed by atoms with Crippen molar-refractivity contribution in [3.05, 3.63) is 47.3 Å². The van der Waals surface area contributed by atoms with Crippen LogP contribution in [0.5, 0.6) is 5.75 Å². The molecule has 122 valence electrons. The Morgan fingerprint density at radius 2 is 1.78 bits per heavy atom. The van der Waals surface area contributed by atoms with Crippen LogP contribution in [0.1, 0.15) is 23.4 Å². The van der Waals surface area contributed by atoms with E-state index >= 15 is 0 Å². The number of aromatic nitrogens is 2. The summed E-state index contributed by atoms with van der Waals surface area (Å²) in [6.45, 7) is 7.45. The van der Waals surface area contributed by atoms with Crippen LogP contribution in [0.15, 0.2) is 30.3 Å². The van der Waals surface area contributed by atoms with Crippen LogP contribution < -0.4 is 9.64 Å². The molecule has 5 heteroatoms. The van der Waals surface area contributed by atoms with Gasteiger partial charge < -0.3 is 14.7 Å². The van der Waals surface area contributed by atoms with Gasteiger partial charge in [-0.25, -0.2) is 9.97 Å². The van der Waals surface area contributed by atoms with Gasteiger partial charge >= 0.3 is 0 Å². The minimum absolute atomic E-state index is 0.275. The summed E-state index contributed by atoms with van der Waals surface area (Å²) in [6, 6.07) is 9.82. The van der Waals surface area contributed by atoms with Crippen molar-refractivity contribution in [2.24, 2.45) is 0 Å². The predicted molar refractivity (Wildman–Crippen MR) is 90.0 cm³/mol. The molecule has 1 aromatic heterocycles. The molecule has 0 amide bonds. The Labute approximate surface area is 137 Å². The van der Waals surface area contributed by atoms with Crippen LogP contribution in [0.2, 0.25) is 0 Å².